The van der Waals surface area contributed by atoms with E-state index in [0.717, 1.165) is 15.9 Å². The number of para-hydroxylation sites is 2. The lowest BCUT2D eigenvalue weighted by atomic mass is 10.2. The summed E-state index contributed by atoms with van der Waals surface area (Å²) in [6.07, 6.45) is 0. The van der Waals surface area contributed by atoms with E-state index in [1.54, 1.807) is 15.9 Å². The summed E-state index contributed by atoms with van der Waals surface area (Å²) < 4.78 is 1.80. The number of aliphatic hydroxyl groups excluding tert-OH is 1. The van der Waals surface area contributed by atoms with Crippen LogP contribution in [0.1, 0.15) is 5.82 Å². The number of hydrogen-bond donors (Lipinski definition) is 2. The highest BCUT2D eigenvalue weighted by Gasteiger charge is 2.17. The van der Waals surface area contributed by atoms with Crippen molar-refractivity contribution in [1.29, 1.82) is 5.26 Å². The minimum atomic E-state index is -0.0524. The monoisotopic (exact) mass is 394 g/mol. The van der Waals surface area contributed by atoms with Crippen LogP contribution in [0.15, 0.2) is 52.7 Å². The van der Waals surface area contributed by atoms with Gasteiger partial charge in [-0.05, 0) is 23.6 Å². The summed E-state index contributed by atoms with van der Waals surface area (Å²) in [4.78, 5) is 9.87. The fourth-order valence-corrected chi connectivity index (χ4v) is 3.99. The standard InChI is InChI=1S/C18H14N6OS2/c1-24-13-6-3-2-5-12(13)20-17(24)11(9-19)14(25)10-27-18-21-16(22-23-18)15-7-4-8-26-15/h2-8,25H,10H2,1H3,(H,21,22,23)/b14-11+. The van der Waals surface area contributed by atoms with Crippen LogP contribution in [0.3, 0.4) is 0 Å². The SMILES string of the molecule is Cn1c(/C(C#N)=C(/O)CSc2n[nH]c(-c3cccs3)n2)nc2ccccc21. The van der Waals surface area contributed by atoms with Gasteiger partial charge in [0, 0.05) is 7.05 Å². The molecule has 0 bridgehead atoms. The Kier molecular flexibility index (Phi) is 4.66. The Hall–Kier alpha value is -3.09. The first-order valence-electron chi connectivity index (χ1n) is 8.00. The van der Waals surface area contributed by atoms with Crippen LogP contribution in [0.25, 0.3) is 27.3 Å². The van der Waals surface area contributed by atoms with Crippen molar-refractivity contribution in [3.05, 3.63) is 53.4 Å². The van der Waals surface area contributed by atoms with E-state index in [1.807, 2.05) is 48.8 Å². The summed E-state index contributed by atoms with van der Waals surface area (Å²) in [6, 6.07) is 13.6. The maximum atomic E-state index is 10.5. The molecular formula is C18H14N6OS2. The fourth-order valence-electron chi connectivity index (χ4n) is 2.65. The van der Waals surface area contributed by atoms with Crippen LogP contribution in [0.5, 0.6) is 0 Å². The number of allylic oxidation sites excluding steroid dienone is 1. The van der Waals surface area contributed by atoms with Crippen LogP contribution in [0.4, 0.5) is 0 Å². The Bertz CT molecular complexity index is 1170. The van der Waals surface area contributed by atoms with Crippen molar-refractivity contribution >= 4 is 39.7 Å². The Labute approximate surface area is 163 Å². The second-order valence-corrected chi connectivity index (χ2v) is 7.54. The van der Waals surface area contributed by atoms with Crippen molar-refractivity contribution < 1.29 is 5.11 Å². The molecule has 0 aliphatic heterocycles. The molecule has 0 spiro atoms. The number of nitrogens with one attached hydrogen (secondary N) is 1. The van der Waals surface area contributed by atoms with Gasteiger partial charge in [0.1, 0.15) is 17.4 Å². The Balaban J connectivity index is 1.57. The molecule has 9 heteroatoms. The Morgan fingerprint density at radius 2 is 2.15 bits per heavy atom. The quantitative estimate of drug-likeness (QED) is 0.301. The van der Waals surface area contributed by atoms with E-state index in [-0.39, 0.29) is 17.1 Å². The number of nitrogens with zero attached hydrogens (tertiary/aromatic N) is 5. The van der Waals surface area contributed by atoms with Gasteiger partial charge in [-0.2, -0.15) is 5.26 Å². The van der Waals surface area contributed by atoms with Crippen molar-refractivity contribution in [3.63, 3.8) is 0 Å². The lowest BCUT2D eigenvalue weighted by Crippen LogP contribution is -2.01. The molecule has 0 unspecified atom stereocenters. The average Bonchev–Trinajstić information content (AvgIpc) is 3.42. The van der Waals surface area contributed by atoms with E-state index in [1.165, 1.54) is 11.8 Å². The van der Waals surface area contributed by atoms with E-state index in [2.05, 4.69) is 26.2 Å². The third-order valence-corrected chi connectivity index (χ3v) is 5.70. The fraction of sp³-hybridized carbons (Fsp3) is 0.111. The van der Waals surface area contributed by atoms with Gasteiger partial charge in [-0.15, -0.1) is 16.4 Å². The molecule has 0 fully saturated rings. The molecule has 3 aromatic heterocycles. The molecule has 3 heterocycles. The minimum absolute atomic E-state index is 0.0524. The molecule has 0 aliphatic carbocycles. The lowest BCUT2D eigenvalue weighted by molar-refractivity contribution is 0.420. The number of hydrogen-bond acceptors (Lipinski definition) is 7. The van der Waals surface area contributed by atoms with E-state index < -0.39 is 0 Å². The molecule has 0 aliphatic rings. The van der Waals surface area contributed by atoms with Crippen molar-refractivity contribution in [2.75, 3.05) is 5.75 Å². The molecule has 2 N–H and O–H groups in total. The average molecular weight is 394 g/mol. The van der Waals surface area contributed by atoms with Crippen molar-refractivity contribution in [3.8, 4) is 16.8 Å². The van der Waals surface area contributed by atoms with Crippen molar-refractivity contribution in [2.24, 2.45) is 7.05 Å². The molecule has 0 radical (unpaired) electrons. The number of imidazole rings is 1. The molecule has 134 valence electrons. The molecule has 7 nitrogen and oxygen atoms in total. The molecule has 0 atom stereocenters. The molecule has 0 saturated carbocycles. The number of aryl methyl sites for hydroxylation is 1. The Morgan fingerprint density at radius 1 is 1.30 bits per heavy atom. The molecule has 4 aromatic rings. The van der Waals surface area contributed by atoms with Gasteiger partial charge in [-0.25, -0.2) is 9.97 Å². The van der Waals surface area contributed by atoms with Crippen LogP contribution < -0.4 is 0 Å². The molecule has 0 saturated heterocycles. The van der Waals surface area contributed by atoms with Crippen LogP contribution in [0.2, 0.25) is 0 Å². The predicted molar refractivity (Wildman–Crippen MR) is 106 cm³/mol. The normalized spacial score (nSPS) is 12.1. The molecule has 1 aromatic carbocycles. The summed E-state index contributed by atoms with van der Waals surface area (Å²) in [6.45, 7) is 0. The maximum absolute atomic E-state index is 10.5. The summed E-state index contributed by atoms with van der Waals surface area (Å²) in [5, 5.41) is 29.6. The number of H-pyrrole nitrogens is 1. The van der Waals surface area contributed by atoms with E-state index in [4.69, 9.17) is 0 Å². The highest BCUT2D eigenvalue weighted by molar-refractivity contribution is 7.99. The number of nitriles is 1. The van der Waals surface area contributed by atoms with Gasteiger partial charge in [0.2, 0.25) is 5.16 Å². The molecule has 27 heavy (non-hydrogen) atoms. The number of thiophene rings is 1. The zero-order valence-electron chi connectivity index (χ0n) is 14.2. The van der Waals surface area contributed by atoms with Crippen molar-refractivity contribution in [2.45, 2.75) is 5.16 Å². The largest absolute Gasteiger partial charge is 0.510 e. The summed E-state index contributed by atoms with van der Waals surface area (Å²) in [5.74, 6) is 1.25. The maximum Gasteiger partial charge on any atom is 0.209 e. The number of aromatic nitrogens is 5. The number of aliphatic hydroxyl groups is 1. The number of aromatic amines is 1. The minimum Gasteiger partial charge on any atom is -0.510 e. The van der Waals surface area contributed by atoms with Gasteiger partial charge in [-0.3, -0.25) is 5.10 Å². The second-order valence-electron chi connectivity index (χ2n) is 5.65. The second kappa shape index (κ2) is 7.26. The first-order valence-corrected chi connectivity index (χ1v) is 9.87. The van der Waals surface area contributed by atoms with E-state index >= 15 is 0 Å². The first kappa shape index (κ1) is 17.3. The number of fused-ring (bicyclic) bond motifs is 1. The highest BCUT2D eigenvalue weighted by atomic mass is 32.2. The summed E-state index contributed by atoms with van der Waals surface area (Å²) in [5.41, 5.74) is 1.82. The number of rotatable bonds is 5. The van der Waals surface area contributed by atoms with Crippen molar-refractivity contribution in [1.82, 2.24) is 24.7 Å². The molecule has 0 amide bonds. The van der Waals surface area contributed by atoms with Gasteiger partial charge >= 0.3 is 0 Å². The third-order valence-electron chi connectivity index (χ3n) is 3.97. The zero-order chi connectivity index (χ0) is 18.8. The number of benzene rings is 1. The summed E-state index contributed by atoms with van der Waals surface area (Å²) >= 11 is 2.82. The van der Waals surface area contributed by atoms with Crippen LogP contribution in [-0.2, 0) is 7.05 Å². The predicted octanol–water partition coefficient (Wildman–Crippen LogP) is 4.00. The smallest absolute Gasteiger partial charge is 0.209 e. The summed E-state index contributed by atoms with van der Waals surface area (Å²) in [7, 11) is 1.82. The van der Waals surface area contributed by atoms with Gasteiger partial charge < -0.3 is 9.67 Å². The highest BCUT2D eigenvalue weighted by Crippen LogP contribution is 2.26. The topological polar surface area (TPSA) is 103 Å². The van der Waals surface area contributed by atoms with Gasteiger partial charge in [0.25, 0.3) is 0 Å². The van der Waals surface area contributed by atoms with Crippen LogP contribution in [-0.4, -0.2) is 35.6 Å². The third kappa shape index (κ3) is 3.32. The van der Waals surface area contributed by atoms with E-state index in [0.29, 0.717) is 16.8 Å². The number of thioether (sulfide) groups is 1. The molecular weight excluding hydrogens is 380 g/mol. The first-order chi connectivity index (χ1) is 13.2. The van der Waals surface area contributed by atoms with E-state index in [9.17, 15) is 10.4 Å². The lowest BCUT2D eigenvalue weighted by Gasteiger charge is -2.04. The van der Waals surface area contributed by atoms with Crippen LogP contribution in [0, 0.1) is 11.3 Å². The van der Waals surface area contributed by atoms with Gasteiger partial charge in [0.15, 0.2) is 11.6 Å². The Morgan fingerprint density at radius 3 is 2.89 bits per heavy atom. The van der Waals surface area contributed by atoms with Gasteiger partial charge in [0.05, 0.1) is 21.7 Å². The zero-order valence-corrected chi connectivity index (χ0v) is 15.9. The van der Waals surface area contributed by atoms with Crippen LogP contribution >= 0.6 is 23.1 Å². The molecule has 4 rings (SSSR count). The van der Waals surface area contributed by atoms with Gasteiger partial charge in [-0.1, -0.05) is 30.0 Å².